The Labute approximate surface area is 148 Å². The zero-order valence-electron chi connectivity index (χ0n) is 14.5. The fourth-order valence-electron chi connectivity index (χ4n) is 4.01. The molecule has 0 N–H and O–H groups in total. The summed E-state index contributed by atoms with van der Waals surface area (Å²) in [7, 11) is 0. The van der Waals surface area contributed by atoms with Gasteiger partial charge in [0.15, 0.2) is 0 Å². The van der Waals surface area contributed by atoms with Crippen molar-refractivity contribution in [2.75, 3.05) is 44.2 Å². The Morgan fingerprint density at radius 3 is 2.44 bits per heavy atom. The van der Waals surface area contributed by atoms with Gasteiger partial charge >= 0.3 is 0 Å². The topological polar surface area (TPSA) is 53.3 Å². The second-order valence-electron chi connectivity index (χ2n) is 7.44. The smallest absolute Gasteiger partial charge is 0.225 e. The molecule has 7 nitrogen and oxygen atoms in total. The van der Waals surface area contributed by atoms with Crippen LogP contribution in [-0.4, -0.2) is 74.6 Å². The van der Waals surface area contributed by atoms with Gasteiger partial charge in [-0.15, -0.1) is 0 Å². The molecule has 2 aromatic heterocycles. The van der Waals surface area contributed by atoms with E-state index >= 15 is 0 Å². The predicted molar refractivity (Wildman–Crippen MR) is 95.4 cm³/mol. The summed E-state index contributed by atoms with van der Waals surface area (Å²) >= 11 is 0. The summed E-state index contributed by atoms with van der Waals surface area (Å²) in [4.78, 5) is 20.6. The lowest BCUT2D eigenvalue weighted by Crippen LogP contribution is -2.62. The highest BCUT2D eigenvalue weighted by Gasteiger charge is 2.34. The fraction of sp³-hybridized carbons (Fsp3) is 0.611. The summed E-state index contributed by atoms with van der Waals surface area (Å²) in [5.41, 5.74) is 1.38. The molecule has 3 aliphatic rings. The Bertz CT molecular complexity index is 697. The molecule has 3 fully saturated rings. The molecule has 2 aromatic rings. The number of anilines is 1. The van der Waals surface area contributed by atoms with Gasteiger partial charge in [0, 0.05) is 76.5 Å². The molecule has 0 amide bonds. The molecule has 0 spiro atoms. The van der Waals surface area contributed by atoms with Gasteiger partial charge in [-0.05, 0) is 18.9 Å². The first-order valence-electron chi connectivity index (χ1n) is 9.36. The first-order chi connectivity index (χ1) is 12.4. The lowest BCUT2D eigenvalue weighted by molar-refractivity contribution is 0.0241. The van der Waals surface area contributed by atoms with Crippen LogP contribution in [0.1, 0.15) is 24.6 Å². The van der Waals surface area contributed by atoms with Gasteiger partial charge in [-0.25, -0.2) is 15.0 Å². The minimum Gasteiger partial charge on any atom is -0.338 e. The Kier molecular flexibility index (Phi) is 3.90. The summed E-state index contributed by atoms with van der Waals surface area (Å²) in [5.74, 6) is 0.866. The molecule has 0 bridgehead atoms. The van der Waals surface area contributed by atoms with E-state index in [1.165, 1.54) is 31.6 Å². The monoisotopic (exact) mass is 339 g/mol. The second kappa shape index (κ2) is 6.38. The zero-order valence-corrected chi connectivity index (χ0v) is 14.5. The average Bonchev–Trinajstić information content (AvgIpc) is 3.37. The van der Waals surface area contributed by atoms with Crippen LogP contribution in [0.25, 0.3) is 0 Å². The number of hydrogen-bond acceptors (Lipinski definition) is 6. The quantitative estimate of drug-likeness (QED) is 0.811. The van der Waals surface area contributed by atoms with Crippen molar-refractivity contribution in [2.45, 2.75) is 31.5 Å². The van der Waals surface area contributed by atoms with Crippen molar-refractivity contribution < 1.29 is 0 Å². The summed E-state index contributed by atoms with van der Waals surface area (Å²) in [6, 6.07) is 3.30. The van der Waals surface area contributed by atoms with Crippen molar-refractivity contribution in [1.82, 2.24) is 29.3 Å². The maximum absolute atomic E-state index is 4.37. The van der Waals surface area contributed by atoms with E-state index in [2.05, 4.69) is 34.2 Å². The number of aromatic nitrogens is 4. The Hall–Kier alpha value is -1.99. The van der Waals surface area contributed by atoms with E-state index in [-0.39, 0.29) is 0 Å². The van der Waals surface area contributed by atoms with Crippen molar-refractivity contribution in [3.8, 4) is 0 Å². The molecule has 1 saturated carbocycles. The molecule has 7 heteroatoms. The van der Waals surface area contributed by atoms with E-state index in [4.69, 9.17) is 0 Å². The highest BCUT2D eigenvalue weighted by Crippen LogP contribution is 2.36. The van der Waals surface area contributed by atoms with Crippen LogP contribution in [0.5, 0.6) is 0 Å². The van der Waals surface area contributed by atoms with Crippen LogP contribution < -0.4 is 4.90 Å². The Balaban J connectivity index is 1.10. The van der Waals surface area contributed by atoms with Gasteiger partial charge in [-0.1, -0.05) is 0 Å². The maximum atomic E-state index is 4.37. The maximum Gasteiger partial charge on any atom is 0.225 e. The van der Waals surface area contributed by atoms with Crippen molar-refractivity contribution in [3.63, 3.8) is 0 Å². The number of piperazine rings is 1. The molecule has 5 rings (SSSR count). The van der Waals surface area contributed by atoms with Crippen molar-refractivity contribution in [1.29, 1.82) is 0 Å². The van der Waals surface area contributed by atoms with Gasteiger partial charge in [0.25, 0.3) is 0 Å². The third-order valence-electron chi connectivity index (χ3n) is 5.68. The average molecular weight is 339 g/mol. The molecule has 0 radical (unpaired) electrons. The number of hydrogen-bond donors (Lipinski definition) is 0. The standard InChI is InChI=1S/C18H25N7/c1-4-20-18(21-5-1)24-8-6-23(7-9-24)17-12-22(13-17)11-16-10-19-14-25(16)15-2-3-15/h1,4-5,10,14-15,17H,2-3,6-9,11-13H2. The van der Waals surface area contributed by atoms with Crippen LogP contribution in [0.4, 0.5) is 5.95 Å². The van der Waals surface area contributed by atoms with E-state index in [1.54, 1.807) is 0 Å². The lowest BCUT2D eigenvalue weighted by atomic mass is 10.1. The van der Waals surface area contributed by atoms with E-state index < -0.39 is 0 Å². The summed E-state index contributed by atoms with van der Waals surface area (Å²) in [6.07, 6.45) is 10.3. The fourth-order valence-corrected chi connectivity index (χ4v) is 4.01. The minimum atomic E-state index is 0.705. The van der Waals surface area contributed by atoms with E-state index in [0.717, 1.165) is 44.7 Å². The lowest BCUT2D eigenvalue weighted by Gasteiger charge is -2.48. The van der Waals surface area contributed by atoms with Gasteiger partial charge in [-0.3, -0.25) is 9.80 Å². The molecular weight excluding hydrogens is 314 g/mol. The SMILES string of the molecule is c1cnc(N2CCN(C3CN(Cc4cncn4C4CC4)C3)CC2)nc1. The highest BCUT2D eigenvalue weighted by molar-refractivity contribution is 5.29. The Morgan fingerprint density at radius 1 is 0.960 bits per heavy atom. The largest absolute Gasteiger partial charge is 0.338 e. The van der Waals surface area contributed by atoms with Crippen molar-refractivity contribution in [3.05, 3.63) is 36.7 Å². The third kappa shape index (κ3) is 3.14. The van der Waals surface area contributed by atoms with Crippen LogP contribution >= 0.6 is 0 Å². The van der Waals surface area contributed by atoms with Gasteiger partial charge in [-0.2, -0.15) is 0 Å². The molecular formula is C18H25N7. The predicted octanol–water partition coefficient (Wildman–Crippen LogP) is 1.01. The summed E-state index contributed by atoms with van der Waals surface area (Å²) < 4.78 is 2.38. The Morgan fingerprint density at radius 2 is 1.72 bits per heavy atom. The van der Waals surface area contributed by atoms with Crippen molar-refractivity contribution >= 4 is 5.95 Å². The first kappa shape index (κ1) is 15.3. The third-order valence-corrected chi connectivity index (χ3v) is 5.68. The van der Waals surface area contributed by atoms with Crippen LogP contribution in [0.15, 0.2) is 31.0 Å². The number of imidazole rings is 1. The van der Waals surface area contributed by atoms with Gasteiger partial charge in [0.05, 0.1) is 12.0 Å². The molecule has 0 atom stereocenters. The van der Waals surface area contributed by atoms with Crippen LogP contribution in [0.2, 0.25) is 0 Å². The molecule has 4 heterocycles. The normalized spacial score (nSPS) is 23.0. The van der Waals surface area contributed by atoms with Gasteiger partial charge < -0.3 is 9.47 Å². The van der Waals surface area contributed by atoms with Gasteiger partial charge in [0.1, 0.15) is 0 Å². The van der Waals surface area contributed by atoms with E-state index in [1.807, 2.05) is 31.0 Å². The van der Waals surface area contributed by atoms with E-state index in [9.17, 15) is 0 Å². The van der Waals surface area contributed by atoms with Crippen molar-refractivity contribution in [2.24, 2.45) is 0 Å². The van der Waals surface area contributed by atoms with Crippen LogP contribution in [-0.2, 0) is 6.54 Å². The van der Waals surface area contributed by atoms with Crippen LogP contribution in [0, 0.1) is 0 Å². The second-order valence-corrected chi connectivity index (χ2v) is 7.44. The molecule has 25 heavy (non-hydrogen) atoms. The number of likely N-dealkylation sites (tertiary alicyclic amines) is 1. The number of nitrogens with zero attached hydrogens (tertiary/aromatic N) is 7. The molecule has 2 aliphatic heterocycles. The first-order valence-corrected chi connectivity index (χ1v) is 9.36. The summed E-state index contributed by atoms with van der Waals surface area (Å²) in [6.45, 7) is 7.66. The number of rotatable bonds is 5. The molecule has 2 saturated heterocycles. The van der Waals surface area contributed by atoms with Crippen LogP contribution in [0.3, 0.4) is 0 Å². The summed E-state index contributed by atoms with van der Waals surface area (Å²) in [5, 5.41) is 0. The highest BCUT2D eigenvalue weighted by atomic mass is 15.4. The minimum absolute atomic E-state index is 0.705. The van der Waals surface area contributed by atoms with E-state index in [0.29, 0.717) is 6.04 Å². The molecule has 1 aliphatic carbocycles. The van der Waals surface area contributed by atoms with Gasteiger partial charge in [0.2, 0.25) is 5.95 Å². The molecule has 0 aromatic carbocycles. The zero-order chi connectivity index (χ0) is 16.6. The molecule has 0 unspecified atom stereocenters. The molecule has 132 valence electrons.